The summed E-state index contributed by atoms with van der Waals surface area (Å²) in [6.07, 6.45) is -0.418. The van der Waals surface area contributed by atoms with E-state index in [-0.39, 0.29) is 5.41 Å². The number of aryl methyl sites for hydroxylation is 1. The molecule has 0 saturated heterocycles. The Morgan fingerprint density at radius 3 is 2.29 bits per heavy atom. The molecule has 0 fully saturated rings. The zero-order valence-corrected chi connectivity index (χ0v) is 15.3. The molecular weight excluding hydrogens is 300 g/mol. The fourth-order valence-corrected chi connectivity index (χ4v) is 2.83. The van der Waals surface area contributed by atoms with Crippen LogP contribution < -0.4 is 11.1 Å². The van der Waals surface area contributed by atoms with Crippen LogP contribution in [0, 0.1) is 6.92 Å². The number of ether oxygens (including phenoxy) is 1. The van der Waals surface area contributed by atoms with E-state index in [4.69, 9.17) is 10.5 Å². The van der Waals surface area contributed by atoms with Gasteiger partial charge in [-0.2, -0.15) is 0 Å². The molecule has 1 unspecified atom stereocenters. The lowest BCUT2D eigenvalue weighted by Gasteiger charge is -2.31. The van der Waals surface area contributed by atoms with E-state index in [9.17, 15) is 4.79 Å². The molecule has 2 aromatic rings. The zero-order chi connectivity index (χ0) is 18.0. The fraction of sp³-hybridized carbons (Fsp3) is 0.450. The Bertz CT molecular complexity index is 734. The average Bonchev–Trinajstić information content (AvgIpc) is 2.52. The van der Waals surface area contributed by atoms with Gasteiger partial charge in [-0.15, -0.1) is 0 Å². The van der Waals surface area contributed by atoms with Gasteiger partial charge in [0.1, 0.15) is 5.60 Å². The Kier molecular flexibility index (Phi) is 5.19. The smallest absolute Gasteiger partial charge is 0.407 e. The predicted molar refractivity (Wildman–Crippen MR) is 99.3 cm³/mol. The normalized spacial score (nSPS) is 14.2. The molecule has 0 aliphatic carbocycles. The van der Waals surface area contributed by atoms with Crippen LogP contribution in [0.15, 0.2) is 36.4 Å². The van der Waals surface area contributed by atoms with Crippen LogP contribution in [0.1, 0.15) is 38.8 Å². The van der Waals surface area contributed by atoms with Gasteiger partial charge in [-0.3, -0.25) is 0 Å². The number of fused-ring (bicyclic) bond motifs is 1. The molecule has 1 amide bonds. The second-order valence-corrected chi connectivity index (χ2v) is 7.60. The quantitative estimate of drug-likeness (QED) is 0.895. The summed E-state index contributed by atoms with van der Waals surface area (Å²) in [5.74, 6) is 0. The summed E-state index contributed by atoms with van der Waals surface area (Å²) >= 11 is 0. The monoisotopic (exact) mass is 328 g/mol. The first-order chi connectivity index (χ1) is 11.2. The van der Waals surface area contributed by atoms with Crippen molar-refractivity contribution in [3.05, 3.63) is 47.5 Å². The standard InChI is InChI=1S/C20H28N2O2/c1-14-10-11-17(16-9-7-6-8-15(14)16)20(5,12-21)13-22-18(23)24-19(2,3)4/h6-11H,12-13,21H2,1-5H3,(H,22,23). The van der Waals surface area contributed by atoms with Crippen molar-refractivity contribution >= 4 is 16.9 Å². The fourth-order valence-electron chi connectivity index (χ4n) is 2.83. The highest BCUT2D eigenvalue weighted by molar-refractivity contribution is 5.89. The van der Waals surface area contributed by atoms with E-state index in [2.05, 4.69) is 43.4 Å². The Labute approximate surface area is 144 Å². The lowest BCUT2D eigenvalue weighted by atomic mass is 9.79. The number of hydrogen-bond donors (Lipinski definition) is 2. The molecule has 4 nitrogen and oxygen atoms in total. The van der Waals surface area contributed by atoms with Gasteiger partial charge in [-0.05, 0) is 49.6 Å². The largest absolute Gasteiger partial charge is 0.444 e. The highest BCUT2D eigenvalue weighted by Gasteiger charge is 2.28. The first-order valence-electron chi connectivity index (χ1n) is 8.32. The highest BCUT2D eigenvalue weighted by atomic mass is 16.6. The number of carbonyl (C=O) groups is 1. The molecule has 0 aliphatic heterocycles. The Balaban J connectivity index is 2.30. The summed E-state index contributed by atoms with van der Waals surface area (Å²) in [6.45, 7) is 10.6. The van der Waals surface area contributed by atoms with Crippen molar-refractivity contribution in [2.75, 3.05) is 13.1 Å². The molecule has 0 aromatic heterocycles. The number of nitrogens with one attached hydrogen (secondary N) is 1. The van der Waals surface area contributed by atoms with Crippen LogP contribution in [0.25, 0.3) is 10.8 Å². The second-order valence-electron chi connectivity index (χ2n) is 7.60. The molecule has 0 saturated carbocycles. The number of carbonyl (C=O) groups excluding carboxylic acids is 1. The molecule has 0 bridgehead atoms. The molecule has 4 heteroatoms. The van der Waals surface area contributed by atoms with Crippen molar-refractivity contribution in [3.63, 3.8) is 0 Å². The van der Waals surface area contributed by atoms with E-state index in [0.717, 1.165) is 5.56 Å². The molecule has 2 aromatic carbocycles. The number of benzene rings is 2. The van der Waals surface area contributed by atoms with Crippen LogP contribution in [-0.4, -0.2) is 24.8 Å². The highest BCUT2D eigenvalue weighted by Crippen LogP contribution is 2.31. The Morgan fingerprint density at radius 2 is 1.71 bits per heavy atom. The third-order valence-corrected chi connectivity index (χ3v) is 4.26. The van der Waals surface area contributed by atoms with Gasteiger partial charge in [0.05, 0.1) is 0 Å². The first-order valence-corrected chi connectivity index (χ1v) is 8.32. The van der Waals surface area contributed by atoms with Gasteiger partial charge in [-0.1, -0.05) is 43.3 Å². The van der Waals surface area contributed by atoms with Crippen molar-refractivity contribution in [2.24, 2.45) is 5.73 Å². The average molecular weight is 328 g/mol. The first kappa shape index (κ1) is 18.3. The van der Waals surface area contributed by atoms with Gasteiger partial charge in [0, 0.05) is 18.5 Å². The molecule has 24 heavy (non-hydrogen) atoms. The number of rotatable bonds is 4. The molecule has 0 heterocycles. The molecule has 0 radical (unpaired) electrons. The molecule has 0 aliphatic rings. The number of alkyl carbamates (subject to hydrolysis) is 1. The van der Waals surface area contributed by atoms with Gasteiger partial charge >= 0.3 is 6.09 Å². The van der Waals surface area contributed by atoms with Crippen LogP contribution in [0.5, 0.6) is 0 Å². The van der Waals surface area contributed by atoms with Gasteiger partial charge in [0.15, 0.2) is 0 Å². The summed E-state index contributed by atoms with van der Waals surface area (Å²) in [7, 11) is 0. The molecule has 1 atom stereocenters. The van der Waals surface area contributed by atoms with E-state index < -0.39 is 11.7 Å². The molecule has 2 rings (SSSR count). The van der Waals surface area contributed by atoms with E-state index in [1.54, 1.807) is 0 Å². The maximum absolute atomic E-state index is 12.0. The number of hydrogen-bond acceptors (Lipinski definition) is 3. The molecule has 3 N–H and O–H groups in total. The number of amides is 1. The van der Waals surface area contributed by atoms with Crippen molar-refractivity contribution in [1.29, 1.82) is 0 Å². The minimum atomic E-state index is -0.514. The van der Waals surface area contributed by atoms with E-state index in [1.807, 2.05) is 32.9 Å². The third kappa shape index (κ3) is 4.06. The predicted octanol–water partition coefficient (Wildman–Crippen LogP) is 3.89. The van der Waals surface area contributed by atoms with Gasteiger partial charge in [-0.25, -0.2) is 4.79 Å². The molecule has 130 valence electrons. The third-order valence-electron chi connectivity index (χ3n) is 4.26. The van der Waals surface area contributed by atoms with Crippen molar-refractivity contribution in [3.8, 4) is 0 Å². The topological polar surface area (TPSA) is 64.3 Å². The lowest BCUT2D eigenvalue weighted by molar-refractivity contribution is 0.0516. The van der Waals surface area contributed by atoms with Gasteiger partial charge in [0.2, 0.25) is 0 Å². The van der Waals surface area contributed by atoms with Crippen LogP contribution in [0.2, 0.25) is 0 Å². The van der Waals surface area contributed by atoms with E-state index >= 15 is 0 Å². The summed E-state index contributed by atoms with van der Waals surface area (Å²) in [4.78, 5) is 12.0. The molecule has 0 spiro atoms. The van der Waals surface area contributed by atoms with E-state index in [0.29, 0.717) is 13.1 Å². The maximum Gasteiger partial charge on any atom is 0.407 e. The molecular formula is C20H28N2O2. The lowest BCUT2D eigenvalue weighted by Crippen LogP contribution is -2.45. The van der Waals surface area contributed by atoms with Gasteiger partial charge in [0.25, 0.3) is 0 Å². The second kappa shape index (κ2) is 6.81. The Morgan fingerprint density at radius 1 is 1.08 bits per heavy atom. The minimum Gasteiger partial charge on any atom is -0.444 e. The maximum atomic E-state index is 12.0. The van der Waals surface area contributed by atoms with Crippen molar-refractivity contribution in [1.82, 2.24) is 5.32 Å². The summed E-state index contributed by atoms with van der Waals surface area (Å²) < 4.78 is 5.33. The minimum absolute atomic E-state index is 0.371. The zero-order valence-electron chi connectivity index (χ0n) is 15.3. The van der Waals surface area contributed by atoms with E-state index in [1.165, 1.54) is 16.3 Å². The van der Waals surface area contributed by atoms with Crippen LogP contribution >= 0.6 is 0 Å². The Hall–Kier alpha value is -2.07. The summed E-state index contributed by atoms with van der Waals surface area (Å²) in [5, 5.41) is 5.26. The van der Waals surface area contributed by atoms with Crippen LogP contribution in [0.4, 0.5) is 4.79 Å². The summed E-state index contributed by atoms with van der Waals surface area (Å²) in [6, 6.07) is 12.5. The van der Waals surface area contributed by atoms with Crippen LogP contribution in [-0.2, 0) is 10.2 Å². The van der Waals surface area contributed by atoms with Crippen LogP contribution in [0.3, 0.4) is 0 Å². The van der Waals surface area contributed by atoms with Crippen molar-refractivity contribution in [2.45, 2.75) is 45.6 Å². The van der Waals surface area contributed by atoms with Gasteiger partial charge < -0.3 is 15.8 Å². The van der Waals surface area contributed by atoms with Crippen molar-refractivity contribution < 1.29 is 9.53 Å². The summed E-state index contributed by atoms with van der Waals surface area (Å²) in [5.41, 5.74) is 7.58. The number of nitrogens with two attached hydrogens (primary N) is 1. The SMILES string of the molecule is Cc1ccc(C(C)(CN)CNC(=O)OC(C)(C)C)c2ccccc12.